The monoisotopic (exact) mass is 250 g/mol. The SMILES string of the molecule is CCOC(=O)C(=O)C1Cc2c(F)cccc2C1=O. The molecule has 0 spiro atoms. The summed E-state index contributed by atoms with van der Waals surface area (Å²) in [5, 5.41) is 0. The molecular weight excluding hydrogens is 239 g/mol. The predicted molar refractivity (Wildman–Crippen MR) is 59.6 cm³/mol. The van der Waals surface area contributed by atoms with Gasteiger partial charge in [0.05, 0.1) is 12.5 Å². The Labute approximate surface area is 103 Å². The number of hydrogen-bond acceptors (Lipinski definition) is 4. The van der Waals surface area contributed by atoms with Crippen molar-refractivity contribution in [1.29, 1.82) is 0 Å². The van der Waals surface area contributed by atoms with Crippen molar-refractivity contribution in [2.24, 2.45) is 5.92 Å². The second kappa shape index (κ2) is 4.68. The predicted octanol–water partition coefficient (Wildman–Crippen LogP) is 1.31. The zero-order valence-corrected chi connectivity index (χ0v) is 9.73. The van der Waals surface area contributed by atoms with E-state index in [2.05, 4.69) is 4.74 Å². The van der Waals surface area contributed by atoms with E-state index < -0.39 is 29.3 Å². The first-order valence-corrected chi connectivity index (χ1v) is 5.58. The third kappa shape index (κ3) is 1.92. The minimum absolute atomic E-state index is 0.0623. The van der Waals surface area contributed by atoms with Crippen LogP contribution in [0.15, 0.2) is 18.2 Å². The molecule has 1 aliphatic carbocycles. The quantitative estimate of drug-likeness (QED) is 0.461. The van der Waals surface area contributed by atoms with E-state index in [-0.39, 0.29) is 24.2 Å². The van der Waals surface area contributed by atoms with Gasteiger partial charge in [0, 0.05) is 5.56 Å². The van der Waals surface area contributed by atoms with Crippen LogP contribution in [-0.2, 0) is 20.7 Å². The lowest BCUT2D eigenvalue weighted by atomic mass is 10.00. The minimum atomic E-state index is -1.14. The van der Waals surface area contributed by atoms with Crippen LogP contribution in [0.5, 0.6) is 0 Å². The van der Waals surface area contributed by atoms with Gasteiger partial charge in [-0.3, -0.25) is 9.59 Å². The highest BCUT2D eigenvalue weighted by molar-refractivity contribution is 6.40. The Bertz CT molecular complexity index is 536. The molecule has 0 radical (unpaired) electrons. The van der Waals surface area contributed by atoms with Crippen molar-refractivity contribution < 1.29 is 23.5 Å². The largest absolute Gasteiger partial charge is 0.460 e. The van der Waals surface area contributed by atoms with Gasteiger partial charge in [0.15, 0.2) is 5.78 Å². The highest BCUT2D eigenvalue weighted by Crippen LogP contribution is 2.29. The highest BCUT2D eigenvalue weighted by atomic mass is 19.1. The number of ether oxygens (including phenoxy) is 1. The van der Waals surface area contributed by atoms with Gasteiger partial charge in [0.1, 0.15) is 5.82 Å². The molecule has 0 aromatic heterocycles. The van der Waals surface area contributed by atoms with Crippen LogP contribution >= 0.6 is 0 Å². The van der Waals surface area contributed by atoms with E-state index in [4.69, 9.17) is 0 Å². The van der Waals surface area contributed by atoms with Crippen LogP contribution in [0.4, 0.5) is 4.39 Å². The lowest BCUT2D eigenvalue weighted by Gasteiger charge is -2.05. The zero-order valence-electron chi connectivity index (χ0n) is 9.73. The first kappa shape index (κ1) is 12.4. The Hall–Kier alpha value is -2.04. The van der Waals surface area contributed by atoms with Gasteiger partial charge in [-0.1, -0.05) is 12.1 Å². The maximum Gasteiger partial charge on any atom is 0.375 e. The fraction of sp³-hybridized carbons (Fsp3) is 0.308. The van der Waals surface area contributed by atoms with Crippen LogP contribution in [-0.4, -0.2) is 24.1 Å². The van der Waals surface area contributed by atoms with Gasteiger partial charge >= 0.3 is 5.97 Å². The van der Waals surface area contributed by atoms with Gasteiger partial charge in [0.25, 0.3) is 5.78 Å². The molecule has 94 valence electrons. The number of fused-ring (bicyclic) bond motifs is 1. The maximum absolute atomic E-state index is 13.5. The van der Waals surface area contributed by atoms with Crippen molar-refractivity contribution in [2.45, 2.75) is 13.3 Å². The van der Waals surface area contributed by atoms with Gasteiger partial charge in [-0.2, -0.15) is 0 Å². The Morgan fingerprint density at radius 3 is 2.78 bits per heavy atom. The number of ketones is 2. The standard InChI is InChI=1S/C13H11FO4/c1-2-18-13(17)12(16)9-6-8-7(11(9)15)4-3-5-10(8)14/h3-5,9H,2,6H2,1H3. The van der Waals surface area contributed by atoms with E-state index in [0.29, 0.717) is 0 Å². The van der Waals surface area contributed by atoms with E-state index in [1.165, 1.54) is 18.2 Å². The van der Waals surface area contributed by atoms with Gasteiger partial charge in [-0.15, -0.1) is 0 Å². The van der Waals surface area contributed by atoms with E-state index in [0.717, 1.165) is 0 Å². The Kier molecular flexibility index (Phi) is 3.23. The molecule has 0 amide bonds. The molecule has 5 heteroatoms. The van der Waals surface area contributed by atoms with Crippen molar-refractivity contribution in [3.05, 3.63) is 35.1 Å². The van der Waals surface area contributed by atoms with Crippen LogP contribution in [0.2, 0.25) is 0 Å². The van der Waals surface area contributed by atoms with Crippen LogP contribution in [0.3, 0.4) is 0 Å². The Morgan fingerprint density at radius 1 is 1.44 bits per heavy atom. The number of rotatable bonds is 3. The molecule has 1 aromatic carbocycles. The lowest BCUT2D eigenvalue weighted by molar-refractivity contribution is -0.154. The molecular formula is C13H11FO4. The second-order valence-electron chi connectivity index (χ2n) is 3.97. The third-order valence-electron chi connectivity index (χ3n) is 2.90. The first-order chi connectivity index (χ1) is 8.56. The van der Waals surface area contributed by atoms with Crippen molar-refractivity contribution in [1.82, 2.24) is 0 Å². The van der Waals surface area contributed by atoms with Crippen LogP contribution < -0.4 is 0 Å². The Balaban J connectivity index is 2.27. The van der Waals surface area contributed by atoms with Crippen LogP contribution in [0.1, 0.15) is 22.8 Å². The molecule has 0 N–H and O–H groups in total. The average molecular weight is 250 g/mol. The fourth-order valence-electron chi connectivity index (χ4n) is 2.04. The molecule has 1 aliphatic rings. The number of carbonyl (C=O) groups excluding carboxylic acids is 3. The molecule has 18 heavy (non-hydrogen) atoms. The molecule has 0 heterocycles. The van der Waals surface area contributed by atoms with Gasteiger partial charge < -0.3 is 4.74 Å². The number of Topliss-reactive ketones (excluding diaryl/α,β-unsaturated/α-hetero) is 2. The topological polar surface area (TPSA) is 60.4 Å². The summed E-state index contributed by atoms with van der Waals surface area (Å²) in [4.78, 5) is 34.9. The van der Waals surface area contributed by atoms with Crippen molar-refractivity contribution in [3.8, 4) is 0 Å². The smallest absolute Gasteiger partial charge is 0.375 e. The van der Waals surface area contributed by atoms with Gasteiger partial charge in [0.2, 0.25) is 0 Å². The van der Waals surface area contributed by atoms with Gasteiger partial charge in [-0.25, -0.2) is 9.18 Å². The van der Waals surface area contributed by atoms with E-state index in [1.54, 1.807) is 6.92 Å². The van der Waals surface area contributed by atoms with Gasteiger partial charge in [-0.05, 0) is 25.0 Å². The number of carbonyl (C=O) groups is 3. The summed E-state index contributed by atoms with van der Waals surface area (Å²) in [7, 11) is 0. The van der Waals surface area contributed by atoms with Crippen molar-refractivity contribution in [3.63, 3.8) is 0 Å². The second-order valence-corrected chi connectivity index (χ2v) is 3.97. The molecule has 0 saturated heterocycles. The number of esters is 1. The summed E-state index contributed by atoms with van der Waals surface area (Å²) in [6.45, 7) is 1.63. The minimum Gasteiger partial charge on any atom is -0.460 e. The number of halogens is 1. The van der Waals surface area contributed by atoms with E-state index >= 15 is 0 Å². The summed E-state index contributed by atoms with van der Waals surface area (Å²) in [6.07, 6.45) is -0.0709. The average Bonchev–Trinajstić information content (AvgIpc) is 2.68. The summed E-state index contributed by atoms with van der Waals surface area (Å²) in [5.74, 6) is -4.12. The van der Waals surface area contributed by atoms with Crippen LogP contribution in [0.25, 0.3) is 0 Å². The van der Waals surface area contributed by atoms with Crippen molar-refractivity contribution in [2.75, 3.05) is 6.61 Å². The summed E-state index contributed by atoms with van der Waals surface area (Å²) in [5.41, 5.74) is 0.378. The first-order valence-electron chi connectivity index (χ1n) is 5.58. The molecule has 0 saturated carbocycles. The Morgan fingerprint density at radius 2 is 2.17 bits per heavy atom. The highest BCUT2D eigenvalue weighted by Gasteiger charge is 2.40. The molecule has 1 aromatic rings. The zero-order chi connectivity index (χ0) is 13.3. The number of hydrogen-bond donors (Lipinski definition) is 0. The summed E-state index contributed by atoms with van der Waals surface area (Å²) >= 11 is 0. The molecule has 0 bridgehead atoms. The molecule has 0 aliphatic heterocycles. The van der Waals surface area contributed by atoms with Crippen molar-refractivity contribution >= 4 is 17.5 Å². The molecule has 4 nitrogen and oxygen atoms in total. The van der Waals surface area contributed by atoms with E-state index in [1.807, 2.05) is 0 Å². The summed E-state index contributed by atoms with van der Waals surface area (Å²) in [6, 6.07) is 4.09. The van der Waals surface area contributed by atoms with E-state index in [9.17, 15) is 18.8 Å². The molecule has 0 fully saturated rings. The molecule has 1 atom stereocenters. The summed E-state index contributed by atoms with van der Waals surface area (Å²) < 4.78 is 18.0. The molecule has 1 unspecified atom stereocenters. The van der Waals surface area contributed by atoms with Crippen LogP contribution in [0, 0.1) is 11.7 Å². The fourth-order valence-corrected chi connectivity index (χ4v) is 2.04. The number of benzene rings is 1. The third-order valence-corrected chi connectivity index (χ3v) is 2.90. The maximum atomic E-state index is 13.5. The molecule has 2 rings (SSSR count). The normalized spacial score (nSPS) is 17.4. The lowest BCUT2D eigenvalue weighted by Crippen LogP contribution is -2.29.